The Morgan fingerprint density at radius 1 is 0.963 bits per heavy atom. The molecule has 16 nitrogen and oxygen atoms in total. The van der Waals surface area contributed by atoms with Crippen LogP contribution in [-0.2, 0) is 4.79 Å². The maximum absolute atomic E-state index is 12.9. The molecule has 5 aromatic rings. The van der Waals surface area contributed by atoms with E-state index in [1.165, 1.54) is 0 Å². The van der Waals surface area contributed by atoms with Gasteiger partial charge in [-0.25, -0.2) is 14.6 Å². The van der Waals surface area contributed by atoms with Gasteiger partial charge in [-0.05, 0) is 43.0 Å². The largest absolute Gasteiger partial charge is 0.388 e. The van der Waals surface area contributed by atoms with E-state index in [1.54, 1.807) is 42.3 Å². The number of hydrogen-bond donors (Lipinski definition) is 6. The molecule has 5 heterocycles. The van der Waals surface area contributed by atoms with Gasteiger partial charge in [-0.1, -0.05) is 60.7 Å². The average molecular weight is 732 g/mol. The Kier molecular flexibility index (Phi) is 9.52. The van der Waals surface area contributed by atoms with Crippen molar-refractivity contribution in [1.82, 2.24) is 40.0 Å². The molecule has 3 aliphatic rings. The molecule has 2 saturated heterocycles. The van der Waals surface area contributed by atoms with Gasteiger partial charge in [-0.3, -0.25) is 14.7 Å². The molecule has 8 rings (SSSR count). The number of carbonyl (C=O) groups is 3. The van der Waals surface area contributed by atoms with E-state index in [0.29, 0.717) is 54.7 Å². The molecule has 1 aliphatic carbocycles. The summed E-state index contributed by atoms with van der Waals surface area (Å²) < 4.78 is 1.69. The molecule has 278 valence electrons. The molecule has 6 unspecified atom stereocenters. The van der Waals surface area contributed by atoms with Gasteiger partial charge in [0.1, 0.15) is 18.2 Å². The molecule has 16 heteroatoms. The second kappa shape index (κ2) is 14.7. The number of aromatic nitrogens is 5. The van der Waals surface area contributed by atoms with Crippen molar-refractivity contribution in [3.05, 3.63) is 103 Å². The molecule has 6 atom stereocenters. The number of fused-ring (bicyclic) bond motifs is 1. The van der Waals surface area contributed by atoms with Crippen LogP contribution in [0.5, 0.6) is 0 Å². The monoisotopic (exact) mass is 731 g/mol. The molecule has 0 radical (unpaired) electrons. The van der Waals surface area contributed by atoms with E-state index < -0.39 is 42.3 Å². The molecule has 1 saturated carbocycles. The number of aliphatic hydroxyl groups excluding tert-OH is 2. The first-order valence-corrected chi connectivity index (χ1v) is 18.1. The number of imide groups is 1. The molecule has 2 aromatic carbocycles. The van der Waals surface area contributed by atoms with Gasteiger partial charge in [0, 0.05) is 37.8 Å². The van der Waals surface area contributed by atoms with E-state index >= 15 is 0 Å². The molecule has 2 aliphatic heterocycles. The number of aliphatic hydroxyl groups is 2. The first-order valence-electron chi connectivity index (χ1n) is 18.1. The molecular weight excluding hydrogens is 690 g/mol. The molecule has 3 fully saturated rings. The van der Waals surface area contributed by atoms with E-state index in [-0.39, 0.29) is 24.4 Å². The van der Waals surface area contributed by atoms with Crippen LogP contribution in [0, 0.1) is 0 Å². The summed E-state index contributed by atoms with van der Waals surface area (Å²) in [6.07, 6.45) is 2.79. The fraction of sp³-hybridized carbons (Fsp3) is 0.342. The van der Waals surface area contributed by atoms with Gasteiger partial charge >= 0.3 is 12.1 Å². The van der Waals surface area contributed by atoms with E-state index in [2.05, 4.69) is 50.5 Å². The SMILES string of the molecule is CC1NC(=O)N(C2CC(n3cnc4c(NCC(c5ccccc5)c5ccccc5)nc(N5CCC(NC(=O)Nc6cccnc6)C5)nc43)C(O)C2O)C1=O. The maximum atomic E-state index is 12.9. The summed E-state index contributed by atoms with van der Waals surface area (Å²) in [6, 6.07) is 20.3. The van der Waals surface area contributed by atoms with Gasteiger partial charge < -0.3 is 40.9 Å². The first-order chi connectivity index (χ1) is 26.2. The van der Waals surface area contributed by atoms with Gasteiger partial charge in [-0.2, -0.15) is 9.97 Å². The zero-order valence-electron chi connectivity index (χ0n) is 29.5. The number of hydrogen-bond acceptors (Lipinski definition) is 11. The van der Waals surface area contributed by atoms with Crippen molar-refractivity contribution in [2.45, 2.75) is 62.1 Å². The number of carbonyl (C=O) groups excluding carboxylic acids is 3. The van der Waals surface area contributed by atoms with Gasteiger partial charge in [0.05, 0.1) is 30.3 Å². The van der Waals surface area contributed by atoms with Crippen LogP contribution in [0.3, 0.4) is 0 Å². The summed E-state index contributed by atoms with van der Waals surface area (Å²) >= 11 is 0. The highest BCUT2D eigenvalue weighted by molar-refractivity contribution is 6.04. The lowest BCUT2D eigenvalue weighted by atomic mass is 9.91. The summed E-state index contributed by atoms with van der Waals surface area (Å²) in [4.78, 5) is 60.1. The van der Waals surface area contributed by atoms with E-state index in [1.807, 2.05) is 41.3 Å². The Labute approximate surface area is 310 Å². The van der Waals surface area contributed by atoms with Crippen LogP contribution in [0.1, 0.15) is 42.9 Å². The van der Waals surface area contributed by atoms with Crippen LogP contribution >= 0.6 is 0 Å². The number of nitrogens with one attached hydrogen (secondary N) is 4. The first kappa shape index (κ1) is 34.9. The summed E-state index contributed by atoms with van der Waals surface area (Å²) in [5.74, 6) is 0.387. The number of rotatable bonds is 10. The summed E-state index contributed by atoms with van der Waals surface area (Å²) in [6.45, 7) is 3.05. The van der Waals surface area contributed by atoms with Crippen molar-refractivity contribution < 1.29 is 24.6 Å². The maximum Gasteiger partial charge on any atom is 0.325 e. The van der Waals surface area contributed by atoms with Gasteiger partial charge in [-0.15, -0.1) is 0 Å². The topological polar surface area (TPSA) is 203 Å². The minimum absolute atomic E-state index is 0.0271. The quantitative estimate of drug-likeness (QED) is 0.115. The Hall–Kier alpha value is -6.13. The molecule has 6 N–H and O–H groups in total. The van der Waals surface area contributed by atoms with Crippen molar-refractivity contribution in [3.63, 3.8) is 0 Å². The number of anilines is 3. The van der Waals surface area contributed by atoms with Crippen LogP contribution in [-0.4, -0.2) is 108 Å². The van der Waals surface area contributed by atoms with Crippen LogP contribution < -0.4 is 26.2 Å². The molecule has 54 heavy (non-hydrogen) atoms. The third kappa shape index (κ3) is 6.76. The van der Waals surface area contributed by atoms with Gasteiger partial charge in [0.25, 0.3) is 5.91 Å². The van der Waals surface area contributed by atoms with Crippen LogP contribution in [0.15, 0.2) is 91.5 Å². The zero-order chi connectivity index (χ0) is 37.3. The number of amides is 5. The van der Waals surface area contributed by atoms with Crippen LogP contribution in [0.2, 0.25) is 0 Å². The van der Waals surface area contributed by atoms with Crippen molar-refractivity contribution >= 4 is 46.6 Å². The van der Waals surface area contributed by atoms with Crippen LogP contribution in [0.4, 0.5) is 27.0 Å². The van der Waals surface area contributed by atoms with Crippen molar-refractivity contribution in [2.75, 3.05) is 35.2 Å². The lowest BCUT2D eigenvalue weighted by Crippen LogP contribution is -2.47. The predicted octanol–water partition coefficient (Wildman–Crippen LogP) is 2.84. The highest BCUT2D eigenvalue weighted by Gasteiger charge is 2.51. The summed E-state index contributed by atoms with van der Waals surface area (Å²) in [7, 11) is 0. The number of benzene rings is 2. The second-order valence-corrected chi connectivity index (χ2v) is 14.0. The number of nitrogens with zero attached hydrogens (tertiary/aromatic N) is 7. The Morgan fingerprint density at radius 3 is 2.35 bits per heavy atom. The zero-order valence-corrected chi connectivity index (χ0v) is 29.5. The van der Waals surface area contributed by atoms with E-state index in [0.717, 1.165) is 16.0 Å². The Balaban J connectivity index is 1.11. The third-order valence-corrected chi connectivity index (χ3v) is 10.5. The lowest BCUT2D eigenvalue weighted by Gasteiger charge is -2.24. The number of pyridine rings is 1. The molecule has 5 amide bonds. The molecule has 0 spiro atoms. The Bertz CT molecular complexity index is 2100. The smallest absolute Gasteiger partial charge is 0.325 e. The summed E-state index contributed by atoms with van der Waals surface area (Å²) in [5, 5.41) is 34.5. The number of imidazole rings is 1. The standard InChI is InChI=1S/C38H41N11O5/c1-22-35(52)49(38(54)42-22)29-17-28(31(50)32(29)51)48-21-41-30-33(40-19-27(23-9-4-2-5-10-23)24-11-6-3-7-12-24)45-36(46-34(30)48)47-16-14-26(20-47)44-37(53)43-25-13-8-15-39-18-25/h2-13,15,18,21-22,26-29,31-32,50-51H,14,16-17,19-20H2,1H3,(H,42,54)(H,40,45,46)(H2,43,44,53). The fourth-order valence-electron chi connectivity index (χ4n) is 7.72. The lowest BCUT2D eigenvalue weighted by molar-refractivity contribution is -0.130. The number of urea groups is 2. The third-order valence-electron chi connectivity index (χ3n) is 10.5. The fourth-order valence-corrected chi connectivity index (χ4v) is 7.72. The molecule has 3 aromatic heterocycles. The predicted molar refractivity (Wildman–Crippen MR) is 200 cm³/mol. The normalized spacial score (nSPS) is 24.0. The van der Waals surface area contributed by atoms with Crippen molar-refractivity contribution in [2.24, 2.45) is 0 Å². The molecular formula is C38H41N11O5. The average Bonchev–Trinajstić information content (AvgIpc) is 3.95. The highest BCUT2D eigenvalue weighted by atomic mass is 16.3. The van der Waals surface area contributed by atoms with Crippen LogP contribution in [0.25, 0.3) is 11.2 Å². The van der Waals surface area contributed by atoms with E-state index in [9.17, 15) is 24.6 Å². The van der Waals surface area contributed by atoms with Crippen molar-refractivity contribution in [3.8, 4) is 0 Å². The van der Waals surface area contributed by atoms with Gasteiger partial charge in [0.2, 0.25) is 5.95 Å². The minimum Gasteiger partial charge on any atom is -0.388 e. The minimum atomic E-state index is -1.38. The van der Waals surface area contributed by atoms with Crippen molar-refractivity contribution in [1.29, 1.82) is 0 Å². The van der Waals surface area contributed by atoms with E-state index in [4.69, 9.17) is 15.0 Å². The second-order valence-electron chi connectivity index (χ2n) is 14.0. The Morgan fingerprint density at radius 2 is 1.69 bits per heavy atom. The highest BCUT2D eigenvalue weighted by Crippen LogP contribution is 2.38. The molecule has 0 bridgehead atoms. The summed E-state index contributed by atoms with van der Waals surface area (Å²) in [5.41, 5.74) is 3.68. The van der Waals surface area contributed by atoms with Gasteiger partial charge in [0.15, 0.2) is 17.0 Å².